The molecule has 1 aromatic heterocycles. The Bertz CT molecular complexity index is 716. The summed E-state index contributed by atoms with van der Waals surface area (Å²) in [6, 6.07) is -0.987. The predicted octanol–water partition coefficient (Wildman–Crippen LogP) is 1.84. The SMILES string of the molecule is COC(=O)C(CC/C=C(\F)Cn1c(C)noc1=O)NC(=O)OC(C)(C)C. The quantitative estimate of drug-likeness (QED) is 0.726. The number of halogens is 1. The molecule has 1 aromatic rings. The summed E-state index contributed by atoms with van der Waals surface area (Å²) in [5.41, 5.74) is -0.722. The molecule has 0 saturated carbocycles. The predicted molar refractivity (Wildman–Crippen MR) is 89.1 cm³/mol. The average molecular weight is 373 g/mol. The molecular formula is C16H24FN3O6. The van der Waals surface area contributed by atoms with Gasteiger partial charge in [0.1, 0.15) is 17.5 Å². The number of hydrogen-bond donors (Lipinski definition) is 1. The van der Waals surface area contributed by atoms with Gasteiger partial charge in [-0.25, -0.2) is 18.8 Å². The molecule has 10 heteroatoms. The molecule has 1 amide bonds. The molecule has 1 atom stereocenters. The van der Waals surface area contributed by atoms with Crippen LogP contribution in [0.1, 0.15) is 39.4 Å². The second kappa shape index (κ2) is 9.16. The number of alkyl carbamates (subject to hydrolysis) is 1. The molecule has 0 saturated heterocycles. The zero-order valence-electron chi connectivity index (χ0n) is 15.5. The Kier molecular flexibility index (Phi) is 7.54. The molecule has 1 N–H and O–H groups in total. The minimum absolute atomic E-state index is 0.0941. The fraction of sp³-hybridized carbons (Fsp3) is 0.625. The number of nitrogens with one attached hydrogen (secondary N) is 1. The molecule has 0 aliphatic carbocycles. The number of methoxy groups -OCH3 is 1. The monoisotopic (exact) mass is 373 g/mol. The summed E-state index contributed by atoms with van der Waals surface area (Å²) in [5, 5.41) is 5.83. The molecule has 0 spiro atoms. The summed E-state index contributed by atoms with van der Waals surface area (Å²) in [5.74, 6) is -1.78. The van der Waals surface area contributed by atoms with Crippen molar-refractivity contribution >= 4 is 12.1 Å². The normalized spacial score (nSPS) is 13.2. The van der Waals surface area contributed by atoms with Crippen molar-refractivity contribution < 1.29 is 28.0 Å². The number of nitrogens with zero attached hydrogens (tertiary/aromatic N) is 2. The summed E-state index contributed by atoms with van der Waals surface area (Å²) in [7, 11) is 1.18. The second-order valence-corrected chi connectivity index (χ2v) is 6.53. The lowest BCUT2D eigenvalue weighted by Gasteiger charge is -2.22. The summed E-state index contributed by atoms with van der Waals surface area (Å²) in [6.45, 7) is 6.25. The van der Waals surface area contributed by atoms with Crippen LogP contribution in [0.5, 0.6) is 0 Å². The Labute approximate surface area is 150 Å². The maximum atomic E-state index is 13.9. The number of hydrogen-bond acceptors (Lipinski definition) is 7. The van der Waals surface area contributed by atoms with Crippen molar-refractivity contribution in [1.82, 2.24) is 15.0 Å². The van der Waals surface area contributed by atoms with E-state index >= 15 is 0 Å². The van der Waals surface area contributed by atoms with E-state index in [0.717, 1.165) is 4.57 Å². The number of allylic oxidation sites excluding steroid dienone is 2. The summed E-state index contributed by atoms with van der Waals surface area (Å²) < 4.78 is 29.1. The molecule has 0 radical (unpaired) electrons. The first-order valence-electron chi connectivity index (χ1n) is 7.98. The highest BCUT2D eigenvalue weighted by molar-refractivity contribution is 5.81. The third-order valence-corrected chi connectivity index (χ3v) is 3.17. The van der Waals surface area contributed by atoms with Crippen LogP contribution in [0.4, 0.5) is 9.18 Å². The number of carbonyl (C=O) groups is 2. The molecule has 1 heterocycles. The van der Waals surface area contributed by atoms with Gasteiger partial charge in [-0.1, -0.05) is 11.2 Å². The van der Waals surface area contributed by atoms with E-state index in [4.69, 9.17) is 4.74 Å². The lowest BCUT2D eigenvalue weighted by atomic mass is 10.1. The first-order chi connectivity index (χ1) is 12.0. The van der Waals surface area contributed by atoms with E-state index in [0.29, 0.717) is 0 Å². The van der Waals surface area contributed by atoms with Gasteiger partial charge < -0.3 is 14.8 Å². The molecule has 0 bridgehead atoms. The van der Waals surface area contributed by atoms with Crippen molar-refractivity contribution in [2.24, 2.45) is 0 Å². The number of carbonyl (C=O) groups excluding carboxylic acids is 2. The largest absolute Gasteiger partial charge is 0.467 e. The van der Waals surface area contributed by atoms with E-state index in [9.17, 15) is 18.8 Å². The van der Waals surface area contributed by atoms with Crippen LogP contribution in [0.2, 0.25) is 0 Å². The number of amides is 1. The van der Waals surface area contributed by atoms with Crippen LogP contribution in [-0.2, 0) is 20.8 Å². The van der Waals surface area contributed by atoms with E-state index in [-0.39, 0.29) is 25.2 Å². The third kappa shape index (κ3) is 7.08. The van der Waals surface area contributed by atoms with Crippen molar-refractivity contribution in [2.75, 3.05) is 7.11 Å². The van der Waals surface area contributed by atoms with E-state index in [1.165, 1.54) is 20.1 Å². The van der Waals surface area contributed by atoms with E-state index < -0.39 is 35.3 Å². The smallest absolute Gasteiger partial charge is 0.441 e. The van der Waals surface area contributed by atoms with Gasteiger partial charge in [-0.3, -0.25) is 9.09 Å². The standard InChI is InChI=1S/C16H24FN3O6/c1-10-19-26-15(23)20(10)9-11(17)7-6-8-12(13(21)24-5)18-14(22)25-16(2,3)4/h7,12H,6,8-9H2,1-5H3,(H,18,22)/b11-7-. The van der Waals surface area contributed by atoms with Gasteiger partial charge in [0.15, 0.2) is 5.82 Å². The Morgan fingerprint density at radius 2 is 2.08 bits per heavy atom. The Hall–Kier alpha value is -2.65. The first kappa shape index (κ1) is 21.4. The molecule has 1 unspecified atom stereocenters. The highest BCUT2D eigenvalue weighted by Gasteiger charge is 2.24. The van der Waals surface area contributed by atoms with E-state index in [1.54, 1.807) is 20.8 Å². The van der Waals surface area contributed by atoms with E-state index in [1.807, 2.05) is 0 Å². The highest BCUT2D eigenvalue weighted by Crippen LogP contribution is 2.10. The molecule has 0 fully saturated rings. The zero-order valence-corrected chi connectivity index (χ0v) is 15.5. The minimum atomic E-state index is -0.987. The molecule has 146 valence electrons. The molecule has 0 aromatic carbocycles. The van der Waals surface area contributed by atoms with Gasteiger partial charge in [0.05, 0.1) is 13.7 Å². The Morgan fingerprint density at radius 3 is 2.58 bits per heavy atom. The highest BCUT2D eigenvalue weighted by atomic mass is 19.1. The number of aromatic nitrogens is 2. The Balaban J connectivity index is 2.64. The average Bonchev–Trinajstić information content (AvgIpc) is 2.83. The van der Waals surface area contributed by atoms with Crippen LogP contribution in [-0.4, -0.2) is 40.5 Å². The lowest BCUT2D eigenvalue weighted by molar-refractivity contribution is -0.143. The van der Waals surface area contributed by atoms with Crippen LogP contribution in [0.15, 0.2) is 21.2 Å². The van der Waals surface area contributed by atoms with Crippen molar-refractivity contribution in [3.05, 3.63) is 28.3 Å². The minimum Gasteiger partial charge on any atom is -0.467 e. The molecule has 26 heavy (non-hydrogen) atoms. The summed E-state index contributed by atoms with van der Waals surface area (Å²) in [4.78, 5) is 34.9. The van der Waals surface area contributed by atoms with Gasteiger partial charge in [-0.2, -0.15) is 0 Å². The lowest BCUT2D eigenvalue weighted by Crippen LogP contribution is -2.43. The Morgan fingerprint density at radius 1 is 1.42 bits per heavy atom. The third-order valence-electron chi connectivity index (χ3n) is 3.17. The van der Waals surface area contributed by atoms with Gasteiger partial charge in [-0.15, -0.1) is 0 Å². The fourth-order valence-electron chi connectivity index (χ4n) is 1.98. The summed E-state index contributed by atoms with van der Waals surface area (Å²) >= 11 is 0. The van der Waals surface area contributed by atoms with Crippen LogP contribution in [0, 0.1) is 6.92 Å². The van der Waals surface area contributed by atoms with Crippen molar-refractivity contribution in [3.63, 3.8) is 0 Å². The van der Waals surface area contributed by atoms with Crippen LogP contribution >= 0.6 is 0 Å². The fourth-order valence-corrected chi connectivity index (χ4v) is 1.98. The van der Waals surface area contributed by atoms with Crippen LogP contribution < -0.4 is 11.1 Å². The topological polar surface area (TPSA) is 113 Å². The number of aryl methyl sites for hydroxylation is 1. The summed E-state index contributed by atoms with van der Waals surface area (Å²) in [6.07, 6.45) is 0.659. The van der Waals surface area contributed by atoms with Gasteiger partial charge >= 0.3 is 17.8 Å². The zero-order chi connectivity index (χ0) is 19.9. The molecule has 1 rings (SSSR count). The van der Waals surface area contributed by atoms with Gasteiger partial charge in [0, 0.05) is 0 Å². The number of ether oxygens (including phenoxy) is 2. The van der Waals surface area contributed by atoms with Crippen molar-refractivity contribution in [2.45, 2.75) is 58.7 Å². The van der Waals surface area contributed by atoms with Gasteiger partial charge in [-0.05, 0) is 40.5 Å². The van der Waals surface area contributed by atoms with Crippen LogP contribution in [0.25, 0.3) is 0 Å². The molecular weight excluding hydrogens is 349 g/mol. The maximum Gasteiger partial charge on any atom is 0.441 e. The van der Waals surface area contributed by atoms with Gasteiger partial charge in [0.2, 0.25) is 0 Å². The molecule has 9 nitrogen and oxygen atoms in total. The molecule has 0 aliphatic rings. The van der Waals surface area contributed by atoms with Gasteiger partial charge in [0.25, 0.3) is 0 Å². The number of esters is 1. The van der Waals surface area contributed by atoms with Crippen molar-refractivity contribution in [3.8, 4) is 0 Å². The van der Waals surface area contributed by atoms with Crippen LogP contribution in [0.3, 0.4) is 0 Å². The second-order valence-electron chi connectivity index (χ2n) is 6.53. The van der Waals surface area contributed by atoms with Crippen molar-refractivity contribution in [1.29, 1.82) is 0 Å². The first-order valence-corrected chi connectivity index (χ1v) is 7.98. The maximum absolute atomic E-state index is 13.9. The van der Waals surface area contributed by atoms with E-state index in [2.05, 4.69) is 19.7 Å². The number of rotatable bonds is 7. The molecule has 0 aliphatic heterocycles.